The molecule has 0 radical (unpaired) electrons. The highest BCUT2D eigenvalue weighted by atomic mass is 16.4. The molecule has 0 saturated heterocycles. The Morgan fingerprint density at radius 2 is 1.62 bits per heavy atom. The van der Waals surface area contributed by atoms with Gasteiger partial charge in [0.05, 0.1) is 0 Å². The van der Waals surface area contributed by atoms with Crippen LogP contribution in [0.15, 0.2) is 0 Å². The van der Waals surface area contributed by atoms with E-state index in [1.165, 1.54) is 32.1 Å². The van der Waals surface area contributed by atoms with E-state index < -0.39 is 7.12 Å². The first kappa shape index (κ1) is 12.9. The SMILES string of the molecule is CCCCCCCCNCB(O)O. The third-order valence-corrected chi connectivity index (χ3v) is 2.03. The molecule has 3 N–H and O–H groups in total. The van der Waals surface area contributed by atoms with E-state index in [1.807, 2.05) is 0 Å². The van der Waals surface area contributed by atoms with Crippen LogP contribution in [0.5, 0.6) is 0 Å². The number of hydrogen-bond acceptors (Lipinski definition) is 3. The molecule has 0 aromatic rings. The number of unbranched alkanes of at least 4 members (excludes halogenated alkanes) is 5. The summed E-state index contributed by atoms with van der Waals surface area (Å²) in [6, 6.07) is 0. The van der Waals surface area contributed by atoms with Crippen molar-refractivity contribution in [3.05, 3.63) is 0 Å². The monoisotopic (exact) mass is 187 g/mol. The lowest BCUT2D eigenvalue weighted by atomic mass is 9.92. The Balaban J connectivity index is 2.84. The fourth-order valence-electron chi connectivity index (χ4n) is 1.26. The van der Waals surface area contributed by atoms with Gasteiger partial charge in [0.2, 0.25) is 0 Å². The van der Waals surface area contributed by atoms with Gasteiger partial charge in [-0.1, -0.05) is 39.0 Å². The minimum absolute atomic E-state index is 0.287. The van der Waals surface area contributed by atoms with Crippen LogP contribution in [0.3, 0.4) is 0 Å². The molecule has 0 atom stereocenters. The second-order valence-corrected chi connectivity index (χ2v) is 3.45. The molecule has 0 unspecified atom stereocenters. The summed E-state index contributed by atoms with van der Waals surface area (Å²) in [5.74, 6) is 0. The van der Waals surface area contributed by atoms with Gasteiger partial charge in [-0.25, -0.2) is 0 Å². The van der Waals surface area contributed by atoms with Gasteiger partial charge in [-0.05, 0) is 13.0 Å². The van der Waals surface area contributed by atoms with Gasteiger partial charge in [-0.2, -0.15) is 0 Å². The van der Waals surface area contributed by atoms with Crippen LogP contribution in [-0.2, 0) is 0 Å². The second-order valence-electron chi connectivity index (χ2n) is 3.45. The Bertz CT molecular complexity index is 102. The van der Waals surface area contributed by atoms with E-state index in [0.29, 0.717) is 0 Å². The van der Waals surface area contributed by atoms with Gasteiger partial charge in [0, 0.05) is 6.44 Å². The van der Waals surface area contributed by atoms with Crippen LogP contribution in [-0.4, -0.2) is 30.2 Å². The molecular formula is C9H22BNO2. The number of rotatable bonds is 9. The summed E-state index contributed by atoms with van der Waals surface area (Å²) in [7, 11) is -1.21. The lowest BCUT2D eigenvalue weighted by Crippen LogP contribution is -2.31. The average Bonchev–Trinajstić information content (AvgIpc) is 2.09. The molecule has 0 aliphatic rings. The van der Waals surface area contributed by atoms with Gasteiger partial charge in [0.15, 0.2) is 0 Å². The molecule has 0 aromatic carbocycles. The van der Waals surface area contributed by atoms with E-state index in [9.17, 15) is 0 Å². The van der Waals surface area contributed by atoms with Crippen LogP contribution in [0.4, 0.5) is 0 Å². The van der Waals surface area contributed by atoms with Crippen molar-refractivity contribution in [2.45, 2.75) is 45.4 Å². The molecule has 78 valence electrons. The van der Waals surface area contributed by atoms with Crippen LogP contribution in [0.2, 0.25) is 0 Å². The zero-order chi connectivity index (χ0) is 9.94. The molecule has 13 heavy (non-hydrogen) atoms. The summed E-state index contributed by atoms with van der Waals surface area (Å²) in [5, 5.41) is 20.0. The zero-order valence-electron chi connectivity index (χ0n) is 8.63. The highest BCUT2D eigenvalue weighted by Crippen LogP contribution is 2.03. The van der Waals surface area contributed by atoms with Crippen LogP contribution in [0, 0.1) is 0 Å². The third-order valence-electron chi connectivity index (χ3n) is 2.03. The fourth-order valence-corrected chi connectivity index (χ4v) is 1.26. The van der Waals surface area contributed by atoms with Crippen molar-refractivity contribution in [2.75, 3.05) is 13.0 Å². The maximum absolute atomic E-state index is 8.52. The van der Waals surface area contributed by atoms with Crippen LogP contribution in [0.1, 0.15) is 45.4 Å². The van der Waals surface area contributed by atoms with Crippen molar-refractivity contribution >= 4 is 7.12 Å². The summed E-state index contributed by atoms with van der Waals surface area (Å²) in [4.78, 5) is 0. The first-order valence-corrected chi connectivity index (χ1v) is 5.34. The fraction of sp³-hybridized carbons (Fsp3) is 1.00. The maximum atomic E-state index is 8.52. The first-order valence-electron chi connectivity index (χ1n) is 5.34. The molecule has 0 saturated carbocycles. The lowest BCUT2D eigenvalue weighted by Gasteiger charge is -2.03. The molecule has 0 spiro atoms. The number of nitrogens with one attached hydrogen (secondary N) is 1. The first-order chi connectivity index (χ1) is 6.27. The second kappa shape index (κ2) is 10.0. The Morgan fingerprint density at radius 3 is 2.23 bits per heavy atom. The minimum atomic E-state index is -1.21. The van der Waals surface area contributed by atoms with Crippen molar-refractivity contribution in [1.29, 1.82) is 0 Å². The lowest BCUT2D eigenvalue weighted by molar-refractivity contribution is 0.398. The summed E-state index contributed by atoms with van der Waals surface area (Å²) in [6.07, 6.45) is 7.92. The maximum Gasteiger partial charge on any atom is 0.466 e. The molecule has 0 aromatic heterocycles. The van der Waals surface area contributed by atoms with Crippen molar-refractivity contribution in [3.8, 4) is 0 Å². The van der Waals surface area contributed by atoms with E-state index in [4.69, 9.17) is 10.0 Å². The van der Waals surface area contributed by atoms with Crippen LogP contribution < -0.4 is 5.32 Å². The summed E-state index contributed by atoms with van der Waals surface area (Å²) in [6.45, 7) is 3.11. The van der Waals surface area contributed by atoms with Crippen molar-refractivity contribution in [3.63, 3.8) is 0 Å². The molecule has 0 rings (SSSR count). The summed E-state index contributed by atoms with van der Waals surface area (Å²) in [5.41, 5.74) is 0. The molecule has 3 nitrogen and oxygen atoms in total. The van der Waals surface area contributed by atoms with Gasteiger partial charge in [0.25, 0.3) is 0 Å². The normalized spacial score (nSPS) is 10.4. The summed E-state index contributed by atoms with van der Waals surface area (Å²) < 4.78 is 0. The van der Waals surface area contributed by atoms with E-state index >= 15 is 0 Å². The molecular weight excluding hydrogens is 165 g/mol. The molecule has 0 aliphatic carbocycles. The van der Waals surface area contributed by atoms with E-state index in [1.54, 1.807) is 0 Å². The summed E-state index contributed by atoms with van der Waals surface area (Å²) >= 11 is 0. The molecule has 0 aliphatic heterocycles. The van der Waals surface area contributed by atoms with Crippen LogP contribution in [0.25, 0.3) is 0 Å². The average molecular weight is 187 g/mol. The molecule has 0 fully saturated rings. The van der Waals surface area contributed by atoms with E-state index in [0.717, 1.165) is 13.0 Å². The highest BCUT2D eigenvalue weighted by molar-refractivity contribution is 6.41. The van der Waals surface area contributed by atoms with Gasteiger partial charge in [0.1, 0.15) is 0 Å². The Labute approximate surface area is 81.7 Å². The molecule has 0 amide bonds. The minimum Gasteiger partial charge on any atom is -0.426 e. The van der Waals surface area contributed by atoms with Crippen LogP contribution >= 0.6 is 0 Å². The van der Waals surface area contributed by atoms with Gasteiger partial charge < -0.3 is 15.4 Å². The highest BCUT2D eigenvalue weighted by Gasteiger charge is 2.03. The quantitative estimate of drug-likeness (QED) is 0.372. The van der Waals surface area contributed by atoms with E-state index in [-0.39, 0.29) is 6.44 Å². The smallest absolute Gasteiger partial charge is 0.426 e. The van der Waals surface area contributed by atoms with E-state index in [2.05, 4.69) is 12.2 Å². The molecule has 4 heteroatoms. The molecule has 0 heterocycles. The standard InChI is InChI=1S/C9H22BNO2/c1-2-3-4-5-6-7-8-11-9-10(12)13/h11-13H,2-9H2,1H3. The predicted octanol–water partition coefficient (Wildman–Crippen LogP) is 0.948. The van der Waals surface area contributed by atoms with Gasteiger partial charge in [-0.15, -0.1) is 0 Å². The van der Waals surface area contributed by atoms with Gasteiger partial charge >= 0.3 is 7.12 Å². The Kier molecular flexibility index (Phi) is 9.99. The zero-order valence-corrected chi connectivity index (χ0v) is 8.63. The Morgan fingerprint density at radius 1 is 1.00 bits per heavy atom. The molecule has 0 bridgehead atoms. The van der Waals surface area contributed by atoms with Gasteiger partial charge in [-0.3, -0.25) is 0 Å². The third kappa shape index (κ3) is 11.9. The predicted molar refractivity (Wildman–Crippen MR) is 56.4 cm³/mol. The topological polar surface area (TPSA) is 52.5 Å². The van der Waals surface area contributed by atoms with Crippen molar-refractivity contribution in [1.82, 2.24) is 5.32 Å². The van der Waals surface area contributed by atoms with Crippen molar-refractivity contribution in [2.24, 2.45) is 0 Å². The number of hydrogen-bond donors (Lipinski definition) is 3. The Hall–Kier alpha value is -0.0551. The largest absolute Gasteiger partial charge is 0.466 e. The van der Waals surface area contributed by atoms with Crippen molar-refractivity contribution < 1.29 is 10.0 Å².